The van der Waals surface area contributed by atoms with E-state index in [2.05, 4.69) is 63.9 Å². The number of benzene rings is 1. The lowest BCUT2D eigenvalue weighted by molar-refractivity contribution is 0.738. The van der Waals surface area contributed by atoms with Crippen LogP contribution in [0.3, 0.4) is 0 Å². The largest absolute Gasteiger partial charge is 0.378 e. The van der Waals surface area contributed by atoms with Crippen molar-refractivity contribution < 1.29 is 0 Å². The Morgan fingerprint density at radius 3 is 2.26 bits per heavy atom. The molecule has 0 radical (unpaired) electrons. The molecule has 0 aliphatic rings. The third-order valence-electron chi connectivity index (χ3n) is 4.11. The molecule has 2 aromatic rings. The van der Waals surface area contributed by atoms with Crippen LogP contribution in [0.1, 0.15) is 17.5 Å². The fraction of sp³-hybridized carbons (Fsp3) is 0.400. The Morgan fingerprint density at radius 2 is 1.67 bits per heavy atom. The van der Waals surface area contributed by atoms with Crippen LogP contribution in [0.2, 0.25) is 5.15 Å². The zero-order chi connectivity index (χ0) is 18.8. The Balaban J connectivity index is 0.00000364. The fourth-order valence-electron chi connectivity index (χ4n) is 2.56. The molecule has 0 atom stereocenters. The van der Waals surface area contributed by atoms with Crippen LogP contribution in [-0.4, -0.2) is 45.2 Å². The predicted octanol–water partition coefficient (Wildman–Crippen LogP) is 3.76. The van der Waals surface area contributed by atoms with E-state index in [-0.39, 0.29) is 24.0 Å². The second-order valence-electron chi connectivity index (χ2n) is 6.33. The second-order valence-corrected chi connectivity index (χ2v) is 6.72. The zero-order valence-electron chi connectivity index (χ0n) is 16.2. The summed E-state index contributed by atoms with van der Waals surface area (Å²) in [4.78, 5) is 10.5. The minimum Gasteiger partial charge on any atom is -0.378 e. The van der Waals surface area contributed by atoms with Crippen LogP contribution in [0.4, 0.5) is 5.69 Å². The number of aryl methyl sites for hydroxylation is 1. The van der Waals surface area contributed by atoms with Crippen LogP contribution < -0.4 is 15.5 Å². The van der Waals surface area contributed by atoms with Gasteiger partial charge in [-0.15, -0.1) is 24.0 Å². The first-order valence-electron chi connectivity index (χ1n) is 8.89. The maximum Gasteiger partial charge on any atom is 0.190 e. The first kappa shape index (κ1) is 23.5. The Bertz CT molecular complexity index is 687. The Morgan fingerprint density at radius 1 is 1.00 bits per heavy atom. The summed E-state index contributed by atoms with van der Waals surface area (Å²) in [7, 11) is 5.90. The molecule has 1 aromatic carbocycles. The SMILES string of the molecule is CN=C(NCCCc1ccc(N(C)C)cc1)NCCc1ccc(Cl)nc1.I. The number of nitrogens with zero attached hydrogens (tertiary/aromatic N) is 3. The molecule has 27 heavy (non-hydrogen) atoms. The van der Waals surface area contributed by atoms with Crippen molar-refractivity contribution in [1.29, 1.82) is 0 Å². The molecule has 0 aliphatic heterocycles. The van der Waals surface area contributed by atoms with Crippen molar-refractivity contribution in [2.75, 3.05) is 39.1 Å². The molecular weight excluding hydrogens is 473 g/mol. The fourth-order valence-corrected chi connectivity index (χ4v) is 2.67. The number of nitrogens with one attached hydrogen (secondary N) is 2. The van der Waals surface area contributed by atoms with Crippen molar-refractivity contribution in [1.82, 2.24) is 15.6 Å². The quantitative estimate of drug-likeness (QED) is 0.190. The lowest BCUT2D eigenvalue weighted by Crippen LogP contribution is -2.38. The van der Waals surface area contributed by atoms with E-state index in [0.717, 1.165) is 43.9 Å². The molecule has 1 aromatic heterocycles. The normalized spacial score (nSPS) is 10.9. The third-order valence-corrected chi connectivity index (χ3v) is 4.33. The first-order chi connectivity index (χ1) is 12.6. The predicted molar refractivity (Wildman–Crippen MR) is 127 cm³/mol. The minimum absolute atomic E-state index is 0. The van der Waals surface area contributed by atoms with E-state index in [4.69, 9.17) is 11.6 Å². The molecule has 2 N–H and O–H groups in total. The van der Waals surface area contributed by atoms with E-state index >= 15 is 0 Å². The molecule has 0 fully saturated rings. The van der Waals surface area contributed by atoms with Gasteiger partial charge in [-0.2, -0.15) is 0 Å². The van der Waals surface area contributed by atoms with Gasteiger partial charge in [-0.1, -0.05) is 29.8 Å². The summed E-state index contributed by atoms with van der Waals surface area (Å²) in [5, 5.41) is 7.21. The third kappa shape index (κ3) is 8.79. The van der Waals surface area contributed by atoms with Crippen LogP contribution >= 0.6 is 35.6 Å². The number of aliphatic imine (C=N–C) groups is 1. The molecule has 7 heteroatoms. The molecule has 0 spiro atoms. The maximum atomic E-state index is 5.80. The van der Waals surface area contributed by atoms with Gasteiger partial charge in [0.05, 0.1) is 0 Å². The van der Waals surface area contributed by atoms with Crippen LogP contribution in [0.15, 0.2) is 47.6 Å². The minimum atomic E-state index is 0. The highest BCUT2D eigenvalue weighted by atomic mass is 127. The van der Waals surface area contributed by atoms with Gasteiger partial charge in [-0.3, -0.25) is 4.99 Å². The van der Waals surface area contributed by atoms with Crippen molar-refractivity contribution in [3.05, 3.63) is 58.9 Å². The van der Waals surface area contributed by atoms with Gasteiger partial charge < -0.3 is 15.5 Å². The highest BCUT2D eigenvalue weighted by molar-refractivity contribution is 14.0. The molecular formula is C20H29ClIN5. The standard InChI is InChI=1S/C20H28ClN5.HI/c1-22-20(24-14-12-17-8-11-19(21)25-15-17)23-13-4-5-16-6-9-18(10-7-16)26(2)3;/h6-11,15H,4-5,12-14H2,1-3H3,(H2,22,23,24);1H. The van der Waals surface area contributed by atoms with Gasteiger partial charge in [-0.05, 0) is 48.6 Å². The van der Waals surface area contributed by atoms with Crippen molar-refractivity contribution in [3.63, 3.8) is 0 Å². The van der Waals surface area contributed by atoms with Gasteiger partial charge >= 0.3 is 0 Å². The van der Waals surface area contributed by atoms with Crippen molar-refractivity contribution in [2.24, 2.45) is 4.99 Å². The van der Waals surface area contributed by atoms with E-state index in [1.165, 1.54) is 11.3 Å². The van der Waals surface area contributed by atoms with Crippen LogP contribution in [0, 0.1) is 0 Å². The average Bonchev–Trinajstić information content (AvgIpc) is 2.65. The topological polar surface area (TPSA) is 52.6 Å². The molecule has 0 saturated carbocycles. The summed E-state index contributed by atoms with van der Waals surface area (Å²) in [5.41, 5.74) is 3.74. The lowest BCUT2D eigenvalue weighted by atomic mass is 10.1. The zero-order valence-corrected chi connectivity index (χ0v) is 19.3. The molecule has 1 heterocycles. The number of hydrogen-bond donors (Lipinski definition) is 2. The van der Waals surface area contributed by atoms with E-state index in [1.54, 1.807) is 7.05 Å². The molecule has 0 bridgehead atoms. The molecule has 0 amide bonds. The summed E-state index contributed by atoms with van der Waals surface area (Å²) in [6, 6.07) is 12.5. The molecule has 5 nitrogen and oxygen atoms in total. The molecule has 148 valence electrons. The summed E-state index contributed by atoms with van der Waals surface area (Å²) in [6.07, 6.45) is 4.79. The van der Waals surface area contributed by atoms with Crippen molar-refractivity contribution in [2.45, 2.75) is 19.3 Å². The van der Waals surface area contributed by atoms with Gasteiger partial charge in [0.15, 0.2) is 5.96 Å². The van der Waals surface area contributed by atoms with E-state index in [0.29, 0.717) is 5.15 Å². The smallest absolute Gasteiger partial charge is 0.190 e. The summed E-state index contributed by atoms with van der Waals surface area (Å²) < 4.78 is 0. The Hall–Kier alpha value is -1.54. The van der Waals surface area contributed by atoms with Crippen molar-refractivity contribution >= 4 is 47.2 Å². The first-order valence-corrected chi connectivity index (χ1v) is 9.27. The molecule has 0 unspecified atom stereocenters. The lowest BCUT2D eigenvalue weighted by Gasteiger charge is -2.13. The Kier molecular flexibility index (Phi) is 11.1. The maximum absolute atomic E-state index is 5.80. The van der Waals surface area contributed by atoms with Gasteiger partial charge in [0.1, 0.15) is 5.15 Å². The molecule has 0 aliphatic carbocycles. The molecule has 2 rings (SSSR count). The number of pyridine rings is 1. The molecule has 0 saturated heterocycles. The number of hydrogen-bond acceptors (Lipinski definition) is 3. The van der Waals surface area contributed by atoms with E-state index in [9.17, 15) is 0 Å². The summed E-state index contributed by atoms with van der Waals surface area (Å²) >= 11 is 5.80. The highest BCUT2D eigenvalue weighted by Crippen LogP contribution is 2.13. The van der Waals surface area contributed by atoms with Crippen molar-refractivity contribution in [3.8, 4) is 0 Å². The number of anilines is 1. The van der Waals surface area contributed by atoms with Crippen LogP contribution in [0.25, 0.3) is 0 Å². The van der Waals surface area contributed by atoms with Crippen LogP contribution in [0.5, 0.6) is 0 Å². The van der Waals surface area contributed by atoms with Crippen LogP contribution in [-0.2, 0) is 12.8 Å². The van der Waals surface area contributed by atoms with E-state index in [1.807, 2.05) is 18.3 Å². The second kappa shape index (κ2) is 12.8. The number of halogens is 2. The van der Waals surface area contributed by atoms with Gasteiger partial charge in [0.25, 0.3) is 0 Å². The Labute approximate surface area is 184 Å². The summed E-state index contributed by atoms with van der Waals surface area (Å²) in [5.74, 6) is 0.829. The average molecular weight is 502 g/mol. The number of aromatic nitrogens is 1. The van der Waals surface area contributed by atoms with Gasteiger partial charge in [0.2, 0.25) is 0 Å². The van der Waals surface area contributed by atoms with Gasteiger partial charge in [0, 0.05) is 46.1 Å². The number of rotatable bonds is 8. The summed E-state index contributed by atoms with van der Waals surface area (Å²) in [6.45, 7) is 1.69. The van der Waals surface area contributed by atoms with Gasteiger partial charge in [-0.25, -0.2) is 4.98 Å². The highest BCUT2D eigenvalue weighted by Gasteiger charge is 2.00. The monoisotopic (exact) mass is 501 g/mol. The van der Waals surface area contributed by atoms with E-state index < -0.39 is 0 Å². The number of guanidine groups is 1.